The predicted octanol–water partition coefficient (Wildman–Crippen LogP) is 2.14. The van der Waals surface area contributed by atoms with Crippen LogP contribution in [0.3, 0.4) is 0 Å². The lowest BCUT2D eigenvalue weighted by molar-refractivity contribution is 0.0698. The van der Waals surface area contributed by atoms with Gasteiger partial charge in [-0.3, -0.25) is 9.36 Å². The zero-order chi connectivity index (χ0) is 11.9. The van der Waals surface area contributed by atoms with Crippen LogP contribution in [0, 0.1) is 5.82 Å². The second-order valence-electron chi connectivity index (χ2n) is 3.37. The van der Waals surface area contributed by atoms with E-state index in [1.807, 2.05) is 0 Å². The van der Waals surface area contributed by atoms with Gasteiger partial charge in [0.25, 0.3) is 0 Å². The summed E-state index contributed by atoms with van der Waals surface area (Å²) in [5.41, 5.74) is 0.0631. The number of aromatic carboxylic acids is 1. The Hall–Kier alpha value is -2.17. The fourth-order valence-electron chi connectivity index (χ4n) is 1.67. The molecular weight excluding hydrogens is 213 g/mol. The highest BCUT2D eigenvalue weighted by Crippen LogP contribution is 2.24. The third-order valence-electron chi connectivity index (χ3n) is 2.35. The fourth-order valence-corrected chi connectivity index (χ4v) is 1.67. The number of hydrogen-bond acceptors (Lipinski definition) is 2. The topological polar surface area (TPSA) is 59.3 Å². The van der Waals surface area contributed by atoms with E-state index >= 15 is 0 Å². The van der Waals surface area contributed by atoms with Gasteiger partial charge in [0, 0.05) is 13.1 Å². The van der Waals surface area contributed by atoms with Gasteiger partial charge in [0.05, 0.1) is 16.5 Å². The second kappa shape index (κ2) is 3.44. The average molecular weight is 221 g/mol. The molecule has 1 heterocycles. The molecule has 5 heteroatoms. The molecule has 4 nitrogen and oxygen atoms in total. The van der Waals surface area contributed by atoms with E-state index in [0.29, 0.717) is 0 Å². The molecule has 0 radical (unpaired) electrons. The van der Waals surface area contributed by atoms with E-state index in [4.69, 9.17) is 5.11 Å². The highest BCUT2D eigenvalue weighted by molar-refractivity contribution is 6.06. The molecule has 1 N–H and O–H groups in total. The summed E-state index contributed by atoms with van der Waals surface area (Å²) in [6, 6.07) is 4.11. The molecule has 1 aromatic heterocycles. The summed E-state index contributed by atoms with van der Waals surface area (Å²) >= 11 is 0. The van der Waals surface area contributed by atoms with Gasteiger partial charge >= 0.3 is 5.97 Å². The summed E-state index contributed by atoms with van der Waals surface area (Å²) in [5.74, 6) is -2.26. The maximum absolute atomic E-state index is 13.5. The largest absolute Gasteiger partial charge is 0.478 e. The number of nitrogens with zero attached hydrogens (tertiary/aromatic N) is 1. The van der Waals surface area contributed by atoms with Gasteiger partial charge in [0.15, 0.2) is 0 Å². The number of carbonyl (C=O) groups is 2. The number of hydrogen-bond donors (Lipinski definition) is 1. The highest BCUT2D eigenvalue weighted by Gasteiger charge is 2.18. The Bertz CT molecular complexity index is 601. The summed E-state index contributed by atoms with van der Waals surface area (Å²) in [6.07, 6.45) is 1.14. The van der Waals surface area contributed by atoms with Crippen molar-refractivity contribution in [3.63, 3.8) is 0 Å². The van der Waals surface area contributed by atoms with Gasteiger partial charge in [-0.25, -0.2) is 9.18 Å². The van der Waals surface area contributed by atoms with Gasteiger partial charge in [-0.15, -0.1) is 0 Å². The van der Waals surface area contributed by atoms with Crippen LogP contribution in [0.5, 0.6) is 0 Å². The summed E-state index contributed by atoms with van der Waals surface area (Å²) in [7, 11) is 0. The van der Waals surface area contributed by atoms with E-state index in [1.54, 1.807) is 0 Å². The Kier molecular flexibility index (Phi) is 2.23. The third kappa shape index (κ3) is 1.37. The van der Waals surface area contributed by atoms with Crippen molar-refractivity contribution in [2.75, 3.05) is 0 Å². The molecule has 2 rings (SSSR count). The Labute approximate surface area is 89.9 Å². The third-order valence-corrected chi connectivity index (χ3v) is 2.35. The molecule has 0 aliphatic heterocycles. The summed E-state index contributed by atoms with van der Waals surface area (Å²) in [4.78, 5) is 22.2. The van der Waals surface area contributed by atoms with Gasteiger partial charge in [-0.2, -0.15) is 0 Å². The van der Waals surface area contributed by atoms with E-state index in [0.717, 1.165) is 10.8 Å². The van der Waals surface area contributed by atoms with Crippen LogP contribution >= 0.6 is 0 Å². The Balaban J connectivity index is 2.93. The first-order chi connectivity index (χ1) is 7.52. The Morgan fingerprint density at radius 3 is 2.62 bits per heavy atom. The van der Waals surface area contributed by atoms with Crippen molar-refractivity contribution in [3.05, 3.63) is 35.8 Å². The van der Waals surface area contributed by atoms with Crippen LogP contribution in [0.15, 0.2) is 24.4 Å². The van der Waals surface area contributed by atoms with Gasteiger partial charge in [-0.05, 0) is 12.1 Å². The van der Waals surface area contributed by atoms with Crippen molar-refractivity contribution >= 4 is 22.8 Å². The molecule has 1 aromatic carbocycles. The molecule has 0 unspecified atom stereocenters. The van der Waals surface area contributed by atoms with E-state index in [2.05, 4.69) is 0 Å². The van der Waals surface area contributed by atoms with E-state index in [1.165, 1.54) is 25.1 Å². The predicted molar refractivity (Wildman–Crippen MR) is 55.2 cm³/mol. The molecule has 16 heavy (non-hydrogen) atoms. The van der Waals surface area contributed by atoms with Gasteiger partial charge in [-0.1, -0.05) is 6.07 Å². The average Bonchev–Trinajstić information content (AvgIpc) is 2.58. The molecule has 0 saturated heterocycles. The van der Waals surface area contributed by atoms with Crippen molar-refractivity contribution in [1.29, 1.82) is 0 Å². The molecule has 0 bridgehead atoms. The maximum Gasteiger partial charge on any atom is 0.338 e. The summed E-state index contributed by atoms with van der Waals surface area (Å²) in [6.45, 7) is 1.29. The fraction of sp³-hybridized carbons (Fsp3) is 0.0909. The van der Waals surface area contributed by atoms with Crippen molar-refractivity contribution in [3.8, 4) is 0 Å². The number of carboxylic acid groups (broad SMARTS) is 1. The SMILES string of the molecule is CC(=O)n1cc(C(=O)O)c2c(F)cccc21. The van der Waals surface area contributed by atoms with Crippen LogP contribution in [0.4, 0.5) is 4.39 Å². The van der Waals surface area contributed by atoms with Crippen LogP contribution in [0.1, 0.15) is 22.1 Å². The number of aromatic nitrogens is 1. The van der Waals surface area contributed by atoms with E-state index in [9.17, 15) is 14.0 Å². The molecule has 82 valence electrons. The lowest BCUT2D eigenvalue weighted by atomic mass is 10.1. The van der Waals surface area contributed by atoms with Crippen LogP contribution in [-0.2, 0) is 0 Å². The molecular formula is C11H8FNO3. The highest BCUT2D eigenvalue weighted by atomic mass is 19.1. The molecule has 0 fully saturated rings. The van der Waals surface area contributed by atoms with Gasteiger partial charge in [0.1, 0.15) is 5.82 Å². The van der Waals surface area contributed by atoms with Crippen LogP contribution < -0.4 is 0 Å². The molecule has 0 aliphatic carbocycles. The van der Waals surface area contributed by atoms with Crippen LogP contribution in [0.25, 0.3) is 10.9 Å². The van der Waals surface area contributed by atoms with Crippen molar-refractivity contribution in [2.24, 2.45) is 0 Å². The zero-order valence-corrected chi connectivity index (χ0v) is 8.40. The minimum atomic E-state index is -1.25. The molecule has 0 aliphatic rings. The van der Waals surface area contributed by atoms with Crippen LogP contribution in [0.2, 0.25) is 0 Å². The first kappa shape index (κ1) is 10.4. The van der Waals surface area contributed by atoms with Gasteiger partial charge < -0.3 is 5.11 Å². The number of fused-ring (bicyclic) bond motifs is 1. The van der Waals surface area contributed by atoms with Crippen molar-refractivity contribution in [1.82, 2.24) is 4.57 Å². The van der Waals surface area contributed by atoms with Gasteiger partial charge in [0.2, 0.25) is 5.91 Å². The first-order valence-electron chi connectivity index (χ1n) is 4.56. The first-order valence-corrected chi connectivity index (χ1v) is 4.56. The Morgan fingerprint density at radius 1 is 1.38 bits per heavy atom. The molecule has 0 atom stereocenters. The standard InChI is InChI=1S/C11H8FNO3/c1-6(14)13-5-7(11(15)16)10-8(12)3-2-4-9(10)13/h2-5H,1H3,(H,15,16). The van der Waals surface area contributed by atoms with Crippen LogP contribution in [-0.4, -0.2) is 21.6 Å². The minimum absolute atomic E-state index is 0.0369. The zero-order valence-electron chi connectivity index (χ0n) is 8.40. The number of rotatable bonds is 1. The molecule has 0 saturated carbocycles. The van der Waals surface area contributed by atoms with E-state index in [-0.39, 0.29) is 22.4 Å². The number of benzene rings is 1. The quantitative estimate of drug-likeness (QED) is 0.802. The number of halogens is 1. The number of carbonyl (C=O) groups excluding carboxylic acids is 1. The molecule has 0 spiro atoms. The maximum atomic E-state index is 13.5. The lowest BCUT2D eigenvalue weighted by Crippen LogP contribution is -2.03. The molecule has 2 aromatic rings. The summed E-state index contributed by atoms with van der Waals surface area (Å²) in [5, 5.41) is 8.87. The second-order valence-corrected chi connectivity index (χ2v) is 3.37. The normalized spacial score (nSPS) is 10.6. The lowest BCUT2D eigenvalue weighted by Gasteiger charge is -1.98. The smallest absolute Gasteiger partial charge is 0.338 e. The number of carboxylic acids is 1. The Morgan fingerprint density at radius 2 is 2.06 bits per heavy atom. The van der Waals surface area contributed by atoms with E-state index < -0.39 is 11.8 Å². The van der Waals surface area contributed by atoms with Crippen molar-refractivity contribution < 1.29 is 19.1 Å². The molecule has 0 amide bonds. The monoisotopic (exact) mass is 221 g/mol. The minimum Gasteiger partial charge on any atom is -0.478 e. The van der Waals surface area contributed by atoms with Crippen molar-refractivity contribution in [2.45, 2.75) is 6.92 Å². The summed E-state index contributed by atoms with van der Waals surface area (Å²) < 4.78 is 14.6.